The molecule has 4 rings (SSSR count). The van der Waals surface area contributed by atoms with Gasteiger partial charge in [0.05, 0.1) is 12.0 Å². The van der Waals surface area contributed by atoms with Crippen molar-refractivity contribution < 1.29 is 4.79 Å². The number of aryl methyl sites for hydroxylation is 1. The zero-order valence-electron chi connectivity index (χ0n) is 14.2. The summed E-state index contributed by atoms with van der Waals surface area (Å²) < 4.78 is 2.10. The lowest BCUT2D eigenvalue weighted by Crippen LogP contribution is -2.42. The van der Waals surface area contributed by atoms with Gasteiger partial charge in [-0.2, -0.15) is 0 Å². The van der Waals surface area contributed by atoms with Crippen molar-refractivity contribution in [1.29, 1.82) is 0 Å². The molecular formula is C18H28N4O. The first kappa shape index (κ1) is 15.2. The summed E-state index contributed by atoms with van der Waals surface area (Å²) in [5, 5.41) is 0. The summed E-state index contributed by atoms with van der Waals surface area (Å²) in [6.45, 7) is 5.15. The lowest BCUT2D eigenvalue weighted by Gasteiger charge is -2.33. The third-order valence-corrected chi connectivity index (χ3v) is 6.39. The average Bonchev–Trinajstić information content (AvgIpc) is 3.31. The highest BCUT2D eigenvalue weighted by Gasteiger charge is 2.51. The number of nitrogens with zero attached hydrogens (tertiary/aromatic N) is 4. The van der Waals surface area contributed by atoms with Crippen molar-refractivity contribution in [2.45, 2.75) is 45.1 Å². The molecule has 0 radical (unpaired) electrons. The Bertz CT molecular complexity index is 577. The Hall–Kier alpha value is -1.36. The fourth-order valence-corrected chi connectivity index (χ4v) is 5.06. The van der Waals surface area contributed by atoms with Crippen molar-refractivity contribution in [3.63, 3.8) is 0 Å². The molecule has 5 heteroatoms. The number of aromatic nitrogens is 2. The fourth-order valence-electron chi connectivity index (χ4n) is 5.06. The van der Waals surface area contributed by atoms with Crippen LogP contribution in [0.5, 0.6) is 0 Å². The molecule has 3 fully saturated rings. The number of hydrogen-bond donors (Lipinski definition) is 0. The standard InChI is InChI=1S/C18H28N4O/c1-20-14-19-11-15(20)12-21-10-7-18(13-21)6-4-5-16(18)17(23)22-8-2-3-9-22/h11,14,16H,2-10,12-13H2,1H3/t16-,18+/m0/s1. The van der Waals surface area contributed by atoms with Crippen LogP contribution in [-0.2, 0) is 18.4 Å². The van der Waals surface area contributed by atoms with Crippen molar-refractivity contribution in [2.75, 3.05) is 26.2 Å². The van der Waals surface area contributed by atoms with Crippen LogP contribution in [-0.4, -0.2) is 51.4 Å². The van der Waals surface area contributed by atoms with Gasteiger partial charge in [-0.1, -0.05) is 6.42 Å². The van der Waals surface area contributed by atoms with Crippen LogP contribution in [0, 0.1) is 11.3 Å². The first-order chi connectivity index (χ1) is 11.2. The monoisotopic (exact) mass is 316 g/mol. The maximum Gasteiger partial charge on any atom is 0.226 e. The third-order valence-electron chi connectivity index (χ3n) is 6.39. The van der Waals surface area contributed by atoms with E-state index in [0.717, 1.165) is 39.1 Å². The van der Waals surface area contributed by atoms with Gasteiger partial charge in [0.15, 0.2) is 0 Å². The van der Waals surface area contributed by atoms with Gasteiger partial charge < -0.3 is 9.47 Å². The van der Waals surface area contributed by atoms with Gasteiger partial charge in [-0.3, -0.25) is 9.69 Å². The number of carbonyl (C=O) groups excluding carboxylic acids is 1. The average molecular weight is 316 g/mol. The number of hydrogen-bond acceptors (Lipinski definition) is 3. The van der Waals surface area contributed by atoms with Gasteiger partial charge in [0.1, 0.15) is 0 Å². The molecule has 1 saturated carbocycles. The molecule has 1 amide bonds. The van der Waals surface area contributed by atoms with Gasteiger partial charge in [-0.25, -0.2) is 4.98 Å². The molecule has 2 aliphatic heterocycles. The SMILES string of the molecule is Cn1cncc1CN1CC[C@]2(CCC[C@H]2C(=O)N2CCCC2)C1. The van der Waals surface area contributed by atoms with Crippen LogP contribution in [0.1, 0.15) is 44.2 Å². The molecule has 3 aliphatic rings. The maximum atomic E-state index is 13.0. The maximum absolute atomic E-state index is 13.0. The largest absolute Gasteiger partial charge is 0.342 e. The molecule has 0 unspecified atom stereocenters. The second kappa shape index (κ2) is 5.93. The molecule has 1 aromatic heterocycles. The number of rotatable bonds is 3. The van der Waals surface area contributed by atoms with Crippen LogP contribution in [0.3, 0.4) is 0 Å². The lowest BCUT2D eigenvalue weighted by molar-refractivity contribution is -0.137. The Labute approximate surface area is 138 Å². The van der Waals surface area contributed by atoms with Crippen LogP contribution in [0.2, 0.25) is 0 Å². The van der Waals surface area contributed by atoms with Gasteiger partial charge >= 0.3 is 0 Å². The Morgan fingerprint density at radius 1 is 1.26 bits per heavy atom. The van der Waals surface area contributed by atoms with E-state index in [4.69, 9.17) is 0 Å². The molecule has 0 N–H and O–H groups in total. The molecule has 1 spiro atoms. The van der Waals surface area contributed by atoms with E-state index in [-0.39, 0.29) is 11.3 Å². The molecule has 126 valence electrons. The second-order valence-electron chi connectivity index (χ2n) is 7.80. The van der Waals surface area contributed by atoms with E-state index >= 15 is 0 Å². The van der Waals surface area contributed by atoms with Gasteiger partial charge in [-0.05, 0) is 44.1 Å². The number of imidazole rings is 1. The molecule has 2 atom stereocenters. The Morgan fingerprint density at radius 3 is 2.83 bits per heavy atom. The van der Waals surface area contributed by atoms with Crippen molar-refractivity contribution in [3.8, 4) is 0 Å². The molecule has 0 aromatic carbocycles. The first-order valence-corrected chi connectivity index (χ1v) is 9.14. The van der Waals surface area contributed by atoms with Crippen LogP contribution in [0.4, 0.5) is 0 Å². The van der Waals surface area contributed by atoms with Crippen LogP contribution in [0.25, 0.3) is 0 Å². The summed E-state index contributed by atoms with van der Waals surface area (Å²) in [6.07, 6.45) is 11.0. The quantitative estimate of drug-likeness (QED) is 0.857. The van der Waals surface area contributed by atoms with E-state index in [1.165, 1.54) is 37.8 Å². The van der Waals surface area contributed by atoms with E-state index in [1.54, 1.807) is 0 Å². The van der Waals surface area contributed by atoms with Gasteiger partial charge in [0, 0.05) is 45.3 Å². The predicted octanol–water partition coefficient (Wildman–Crippen LogP) is 2.03. The number of carbonyl (C=O) groups is 1. The van der Waals surface area contributed by atoms with Crippen LogP contribution >= 0.6 is 0 Å². The van der Waals surface area contributed by atoms with Gasteiger partial charge in [0.2, 0.25) is 5.91 Å². The molecule has 1 aromatic rings. The van der Waals surface area contributed by atoms with Crippen molar-refractivity contribution in [2.24, 2.45) is 18.4 Å². The predicted molar refractivity (Wildman–Crippen MR) is 88.7 cm³/mol. The minimum atomic E-state index is 0.248. The lowest BCUT2D eigenvalue weighted by atomic mass is 9.76. The van der Waals surface area contributed by atoms with Gasteiger partial charge in [0.25, 0.3) is 0 Å². The Balaban J connectivity index is 1.45. The summed E-state index contributed by atoms with van der Waals surface area (Å²) >= 11 is 0. The highest BCUT2D eigenvalue weighted by atomic mass is 16.2. The molecule has 2 saturated heterocycles. The van der Waals surface area contributed by atoms with Crippen LogP contribution in [0.15, 0.2) is 12.5 Å². The van der Waals surface area contributed by atoms with E-state index in [9.17, 15) is 4.79 Å². The molecule has 5 nitrogen and oxygen atoms in total. The molecule has 0 bridgehead atoms. The van der Waals surface area contributed by atoms with E-state index in [0.29, 0.717) is 5.91 Å². The van der Waals surface area contributed by atoms with Crippen molar-refractivity contribution in [1.82, 2.24) is 19.4 Å². The van der Waals surface area contributed by atoms with E-state index in [2.05, 4.69) is 26.4 Å². The van der Waals surface area contributed by atoms with E-state index in [1.807, 2.05) is 12.5 Å². The minimum Gasteiger partial charge on any atom is -0.342 e. The summed E-state index contributed by atoms with van der Waals surface area (Å²) in [5.41, 5.74) is 1.51. The highest BCUT2D eigenvalue weighted by molar-refractivity contribution is 5.80. The summed E-state index contributed by atoms with van der Waals surface area (Å²) in [7, 11) is 2.06. The van der Waals surface area contributed by atoms with Crippen molar-refractivity contribution in [3.05, 3.63) is 18.2 Å². The summed E-state index contributed by atoms with van der Waals surface area (Å²) in [6, 6.07) is 0. The third kappa shape index (κ3) is 2.69. The Morgan fingerprint density at radius 2 is 2.09 bits per heavy atom. The molecule has 1 aliphatic carbocycles. The number of amides is 1. The smallest absolute Gasteiger partial charge is 0.226 e. The molecule has 23 heavy (non-hydrogen) atoms. The number of likely N-dealkylation sites (tertiary alicyclic amines) is 2. The van der Waals surface area contributed by atoms with Crippen LogP contribution < -0.4 is 0 Å². The zero-order chi connectivity index (χ0) is 15.9. The normalized spacial score (nSPS) is 31.5. The molecule has 3 heterocycles. The van der Waals surface area contributed by atoms with E-state index < -0.39 is 0 Å². The summed E-state index contributed by atoms with van der Waals surface area (Å²) in [5.74, 6) is 0.736. The second-order valence-corrected chi connectivity index (χ2v) is 7.80. The molecular weight excluding hydrogens is 288 g/mol. The Kier molecular flexibility index (Phi) is 3.92. The first-order valence-electron chi connectivity index (χ1n) is 9.14. The topological polar surface area (TPSA) is 41.4 Å². The van der Waals surface area contributed by atoms with Crippen molar-refractivity contribution >= 4 is 5.91 Å². The summed E-state index contributed by atoms with van der Waals surface area (Å²) in [4.78, 5) is 21.9. The zero-order valence-corrected chi connectivity index (χ0v) is 14.2. The minimum absolute atomic E-state index is 0.248. The fraction of sp³-hybridized carbons (Fsp3) is 0.778. The highest BCUT2D eigenvalue weighted by Crippen LogP contribution is 2.50. The van der Waals surface area contributed by atoms with Gasteiger partial charge in [-0.15, -0.1) is 0 Å².